The predicted molar refractivity (Wildman–Crippen MR) is 313 cm³/mol. The van der Waals surface area contributed by atoms with Gasteiger partial charge in [-0.2, -0.15) is 5.26 Å². The molecular weight excluding hydrogens is 933 g/mol. The summed E-state index contributed by atoms with van der Waals surface area (Å²) in [5.74, 6) is 0. The van der Waals surface area contributed by atoms with Gasteiger partial charge in [0.15, 0.2) is 0 Å². The molecular formula is C68H38N6S. The van der Waals surface area contributed by atoms with Crippen LogP contribution >= 0.6 is 11.3 Å². The third kappa shape index (κ3) is 5.59. The van der Waals surface area contributed by atoms with E-state index in [9.17, 15) is 36.5 Å². The van der Waals surface area contributed by atoms with E-state index in [1.54, 1.807) is 16.7 Å². The van der Waals surface area contributed by atoms with Crippen molar-refractivity contribution in [3.8, 4) is 39.9 Å². The Hall–Kier alpha value is -10.2. The van der Waals surface area contributed by atoms with Crippen molar-refractivity contribution in [2.75, 3.05) is 0 Å². The van der Waals surface area contributed by atoms with Gasteiger partial charge in [0.25, 0.3) is 0 Å². The molecule has 75 heavy (non-hydrogen) atoms. The number of nitriles is 1. The molecule has 16 aromatic rings. The Labute approximate surface area is 466 Å². The van der Waals surface area contributed by atoms with Gasteiger partial charge in [0.1, 0.15) is 6.07 Å². The number of hydrogen-bond acceptors (Lipinski definition) is 2. The van der Waals surface area contributed by atoms with Crippen molar-refractivity contribution >= 4 is 124 Å². The fourth-order valence-electron chi connectivity index (χ4n) is 11.0. The lowest BCUT2D eigenvalue weighted by Crippen LogP contribution is -2.14. The van der Waals surface area contributed by atoms with Gasteiger partial charge < -0.3 is 18.3 Å². The number of aromatic nitrogens is 4. The molecule has 7 heteroatoms. The van der Waals surface area contributed by atoms with Crippen LogP contribution in [0.25, 0.3) is 146 Å². The molecule has 0 radical (unpaired) electrons. The van der Waals surface area contributed by atoms with E-state index >= 15 is 0 Å². The molecule has 5 aromatic heterocycles. The summed E-state index contributed by atoms with van der Waals surface area (Å²) in [6, 6.07) is 6.17. The summed E-state index contributed by atoms with van der Waals surface area (Å²) in [7, 11) is 0. The average molecular weight is 995 g/mol. The zero-order valence-corrected chi connectivity index (χ0v) is 39.0. The van der Waals surface area contributed by atoms with Crippen LogP contribution in [0, 0.1) is 17.9 Å². The molecule has 6 nitrogen and oxygen atoms in total. The normalized spacial score (nSPS) is 16.5. The second-order valence-corrected chi connectivity index (χ2v) is 18.6. The van der Waals surface area contributed by atoms with Gasteiger partial charge in [-0.1, -0.05) is 175 Å². The van der Waals surface area contributed by atoms with Gasteiger partial charge in [-0.3, -0.25) is 0 Å². The van der Waals surface area contributed by atoms with Crippen LogP contribution in [0.15, 0.2) is 230 Å². The second-order valence-electron chi connectivity index (χ2n) is 17.6. The molecule has 346 valence electrons. The summed E-state index contributed by atoms with van der Waals surface area (Å²) in [6.07, 6.45) is 0. The number of nitrogens with zero attached hydrogens (tertiary/aromatic N) is 6. The number of benzene rings is 11. The highest BCUT2D eigenvalue weighted by Gasteiger charge is 2.35. The van der Waals surface area contributed by atoms with Crippen molar-refractivity contribution in [1.29, 1.82) is 5.26 Å². The molecule has 16 rings (SSSR count). The maximum Gasteiger partial charge on any atom is 0.237 e. The minimum Gasteiger partial charge on any atom is -0.318 e. The quantitative estimate of drug-likeness (QED) is 0.159. The maximum absolute atomic E-state index is 12.9. The highest BCUT2D eigenvalue weighted by molar-refractivity contribution is 7.26. The first-order chi connectivity index (χ1) is 47.2. The van der Waals surface area contributed by atoms with Crippen LogP contribution in [0.2, 0.25) is 0 Å². The first kappa shape index (κ1) is 24.5. The highest BCUT2D eigenvalue weighted by atomic mass is 32.1. The number of fused-ring (bicyclic) bond motifs is 16. The van der Waals surface area contributed by atoms with Crippen LogP contribution in [0.1, 0.15) is 38.5 Å². The molecule has 0 unspecified atom stereocenters. The zero-order chi connectivity index (χ0) is 70.4. The third-order valence-corrected chi connectivity index (χ3v) is 15.2. The topological polar surface area (TPSA) is 47.9 Å². The third-order valence-electron chi connectivity index (χ3n) is 14.0. The van der Waals surface area contributed by atoms with E-state index in [2.05, 4.69) is 10.9 Å². The van der Waals surface area contributed by atoms with Gasteiger partial charge in [-0.25, -0.2) is 4.85 Å². The largest absolute Gasteiger partial charge is 0.318 e. The molecule has 0 N–H and O–H groups in total. The van der Waals surface area contributed by atoms with Gasteiger partial charge in [-0.05, 0) is 65.6 Å². The van der Waals surface area contributed by atoms with Crippen LogP contribution in [0.5, 0.6) is 0 Å². The lowest BCUT2D eigenvalue weighted by atomic mass is 10.0. The minimum absolute atomic E-state index is 0.180. The molecule has 0 saturated heterocycles. The average Bonchev–Trinajstić information content (AvgIpc) is 1.54. The zero-order valence-electron chi connectivity index (χ0n) is 62.2. The first-order valence-electron chi connectivity index (χ1n) is 35.1. The van der Waals surface area contributed by atoms with E-state index in [1.165, 1.54) is 11.3 Å². The molecule has 0 fully saturated rings. The smallest absolute Gasteiger partial charge is 0.237 e. The van der Waals surface area contributed by atoms with Crippen molar-refractivity contribution in [3.63, 3.8) is 0 Å². The highest BCUT2D eigenvalue weighted by Crippen LogP contribution is 2.53. The van der Waals surface area contributed by atoms with Gasteiger partial charge in [0, 0.05) is 58.6 Å². The van der Waals surface area contributed by atoms with E-state index < -0.39 is 244 Å². The molecule has 5 heterocycles. The van der Waals surface area contributed by atoms with E-state index in [1.807, 2.05) is 72.8 Å². The standard InChI is InChI=1S/C68H38N6S/c1-70-62-63(71-54-28-12-5-21-43(54)44-22-6-13-29-55(44)71)53(40-69)64(72-56-30-14-7-23-45(56)46-24-8-15-31-57(46)72)67(66(62)73-58-32-16-9-25-47(58)48-26-10-17-33-59(48)73)74-60-38-35-42(41-19-3-2-4-20-41)39-52(60)50-36-37-51-49-27-11-18-34-61(49)75-68(51)65(50)74/h2-39H/i5D,6D,7D,8D,9D,10D,12D,13D,14D,15D,16D,17D,21D,22D,23D,24D,25D,26D,28D,29D,30D,31D,32D,33D. The summed E-state index contributed by atoms with van der Waals surface area (Å²) in [5.41, 5.74) is -6.78. The Morgan fingerprint density at radius 3 is 1.39 bits per heavy atom. The van der Waals surface area contributed by atoms with E-state index in [0.29, 0.717) is 26.4 Å². The summed E-state index contributed by atoms with van der Waals surface area (Å²) in [4.78, 5) is 4.26. The maximum atomic E-state index is 12.9. The Kier molecular flexibility index (Phi) is 5.11. The van der Waals surface area contributed by atoms with Crippen molar-refractivity contribution < 1.29 is 32.9 Å². The fraction of sp³-hybridized carbons (Fsp3) is 0. The van der Waals surface area contributed by atoms with Gasteiger partial charge >= 0.3 is 0 Å². The number of para-hydroxylation sites is 6. The number of hydrogen-bond donors (Lipinski definition) is 0. The fourth-order valence-corrected chi connectivity index (χ4v) is 12.3. The molecule has 0 saturated carbocycles. The van der Waals surface area contributed by atoms with Crippen molar-refractivity contribution in [2.45, 2.75) is 0 Å². The molecule has 0 aliphatic heterocycles. The molecule has 11 aromatic carbocycles. The Bertz CT molecular complexity index is 6260. The summed E-state index contributed by atoms with van der Waals surface area (Å²) >= 11 is 1.29. The molecule has 0 aliphatic carbocycles. The first-order valence-corrected chi connectivity index (χ1v) is 24.0. The van der Waals surface area contributed by atoms with E-state index in [-0.39, 0.29) is 11.0 Å². The molecule has 0 aliphatic rings. The molecule has 0 amide bonds. The number of thiophene rings is 1. The second kappa shape index (κ2) is 15.7. The molecule has 0 atom stereocenters. The predicted octanol–water partition coefficient (Wildman–Crippen LogP) is 18.5. The molecule has 0 spiro atoms. The van der Waals surface area contributed by atoms with Crippen molar-refractivity contribution in [2.24, 2.45) is 0 Å². The number of rotatable bonds is 5. The van der Waals surface area contributed by atoms with Gasteiger partial charge in [-0.15, -0.1) is 11.3 Å². The van der Waals surface area contributed by atoms with E-state index in [4.69, 9.17) is 8.22 Å². The summed E-state index contributed by atoms with van der Waals surface area (Å²) < 4.78 is 234. The Morgan fingerprint density at radius 1 is 0.400 bits per heavy atom. The van der Waals surface area contributed by atoms with Gasteiger partial charge in [0.05, 0.1) is 117 Å². The Balaban J connectivity index is 1.35. The van der Waals surface area contributed by atoms with Crippen LogP contribution < -0.4 is 0 Å². The van der Waals surface area contributed by atoms with Crippen molar-refractivity contribution in [3.05, 3.63) is 247 Å². The lowest BCUT2D eigenvalue weighted by Gasteiger charge is -2.27. The van der Waals surface area contributed by atoms with Crippen LogP contribution in [-0.2, 0) is 0 Å². The minimum atomic E-state index is -0.956. The van der Waals surface area contributed by atoms with Crippen LogP contribution in [-0.4, -0.2) is 18.3 Å². The van der Waals surface area contributed by atoms with Crippen LogP contribution in [0.3, 0.4) is 0 Å². The monoisotopic (exact) mass is 994 g/mol. The summed E-state index contributed by atoms with van der Waals surface area (Å²) in [5, 5.41) is 11.9. The molecule has 0 bridgehead atoms. The van der Waals surface area contributed by atoms with Crippen molar-refractivity contribution in [1.82, 2.24) is 18.3 Å². The SMILES string of the molecule is [2H]c1c([2H])c([2H])c2c(c1[2H])c1c([2H])c([2H])c([2H])c([2H])c1n2-c1c(C#N)c(-n2c3c([2H])c([2H])c([2H])c([2H])c3c3c([2H])c([2H])c([2H])c([2H])c32)c(-n2c3ccc(-c4ccccc4)cc3c3ccc4c5ccccc5sc4c32)c(-n2c3c([2H])c([2H])c([2H])c([2H])c3c3c([2H])c([2H])c([2H])c([2H])c32)c1[N+]#[C-]. The van der Waals surface area contributed by atoms with Gasteiger partial charge in [0.2, 0.25) is 5.69 Å². The summed E-state index contributed by atoms with van der Waals surface area (Å²) in [6.45, 7) is 9.90. The van der Waals surface area contributed by atoms with Crippen LogP contribution in [0.4, 0.5) is 5.69 Å². The van der Waals surface area contributed by atoms with E-state index in [0.717, 1.165) is 29.4 Å². The Morgan fingerprint density at radius 2 is 0.867 bits per heavy atom. The lowest BCUT2D eigenvalue weighted by molar-refractivity contribution is 1.03.